The van der Waals surface area contributed by atoms with Gasteiger partial charge in [0.25, 0.3) is 0 Å². The molecule has 2 saturated carbocycles. The first kappa shape index (κ1) is 19.3. The fourth-order valence-corrected chi connectivity index (χ4v) is 4.95. The molecule has 5 rings (SSSR count). The second kappa shape index (κ2) is 7.85. The first-order valence-electron chi connectivity index (χ1n) is 11.0. The highest BCUT2D eigenvalue weighted by Gasteiger charge is 2.48. The van der Waals surface area contributed by atoms with Gasteiger partial charge in [0, 0.05) is 56.2 Å². The number of hydrogen-bond donors (Lipinski definition) is 1. The number of piperidine rings is 1. The van der Waals surface area contributed by atoms with Crippen LogP contribution in [-0.4, -0.2) is 60.4 Å². The number of rotatable bonds is 6. The van der Waals surface area contributed by atoms with E-state index < -0.39 is 0 Å². The van der Waals surface area contributed by atoms with Crippen molar-refractivity contribution in [2.75, 3.05) is 13.1 Å². The molecule has 9 nitrogen and oxygen atoms in total. The zero-order valence-electron chi connectivity index (χ0n) is 17.4. The molecule has 3 heterocycles. The smallest absolute Gasteiger partial charge is 0.226 e. The van der Waals surface area contributed by atoms with E-state index in [1.807, 2.05) is 28.8 Å². The first-order valence-corrected chi connectivity index (χ1v) is 11.0. The van der Waals surface area contributed by atoms with Gasteiger partial charge in [-0.05, 0) is 44.6 Å². The molecule has 2 aliphatic carbocycles. The van der Waals surface area contributed by atoms with Crippen molar-refractivity contribution in [2.24, 2.45) is 18.9 Å². The zero-order valence-corrected chi connectivity index (χ0v) is 17.4. The summed E-state index contributed by atoms with van der Waals surface area (Å²) in [4.78, 5) is 27.8. The molecule has 0 aromatic carbocycles. The van der Waals surface area contributed by atoms with Gasteiger partial charge in [0.05, 0.1) is 5.69 Å². The zero-order chi connectivity index (χ0) is 20.7. The van der Waals surface area contributed by atoms with Gasteiger partial charge < -0.3 is 14.8 Å². The number of aromatic nitrogens is 5. The Bertz CT molecular complexity index is 902. The fraction of sp³-hybridized carbons (Fsp3) is 0.667. The molecule has 0 unspecified atom stereocenters. The van der Waals surface area contributed by atoms with Crippen molar-refractivity contribution in [1.29, 1.82) is 0 Å². The molecule has 1 saturated heterocycles. The number of nitrogens with zero attached hydrogens (tertiary/aromatic N) is 6. The Labute approximate surface area is 175 Å². The summed E-state index contributed by atoms with van der Waals surface area (Å²) in [6, 6.07) is 2.44. The predicted octanol–water partition coefficient (Wildman–Crippen LogP) is 1.26. The van der Waals surface area contributed by atoms with Crippen LogP contribution in [0.1, 0.15) is 56.2 Å². The summed E-state index contributed by atoms with van der Waals surface area (Å²) >= 11 is 0. The molecule has 2 amide bonds. The SMILES string of the molecule is Cn1ccc([C@@H]2C[C@H]2C(=O)N2CCCC[C@@H]2CNC(=O)C2CC(n3cnnc3)C2)n1. The second-order valence-corrected chi connectivity index (χ2v) is 9.02. The average molecular weight is 412 g/mol. The Balaban J connectivity index is 1.12. The minimum absolute atomic E-state index is 0.0436. The highest BCUT2D eigenvalue weighted by molar-refractivity contribution is 5.83. The van der Waals surface area contributed by atoms with Gasteiger partial charge in [0.2, 0.25) is 11.8 Å². The van der Waals surface area contributed by atoms with E-state index in [0.717, 1.165) is 50.8 Å². The molecule has 9 heteroatoms. The van der Waals surface area contributed by atoms with Crippen LogP contribution in [0.25, 0.3) is 0 Å². The minimum atomic E-state index is 0.0436. The molecule has 0 radical (unpaired) electrons. The lowest BCUT2D eigenvalue weighted by Gasteiger charge is -2.38. The molecule has 1 aliphatic heterocycles. The van der Waals surface area contributed by atoms with E-state index in [4.69, 9.17) is 0 Å². The number of nitrogens with one attached hydrogen (secondary N) is 1. The average Bonchev–Trinajstić information content (AvgIpc) is 3.09. The van der Waals surface area contributed by atoms with Crippen molar-refractivity contribution in [1.82, 2.24) is 34.8 Å². The molecule has 1 N–H and O–H groups in total. The number of amides is 2. The van der Waals surface area contributed by atoms with Crippen LogP contribution in [0.3, 0.4) is 0 Å². The molecular weight excluding hydrogens is 382 g/mol. The molecule has 3 aliphatic rings. The Morgan fingerprint density at radius 2 is 1.97 bits per heavy atom. The van der Waals surface area contributed by atoms with Crippen molar-refractivity contribution < 1.29 is 9.59 Å². The van der Waals surface area contributed by atoms with Crippen molar-refractivity contribution in [3.63, 3.8) is 0 Å². The quantitative estimate of drug-likeness (QED) is 0.772. The number of aryl methyl sites for hydroxylation is 1. The maximum atomic E-state index is 13.1. The number of carbonyl (C=O) groups is 2. The lowest BCUT2D eigenvalue weighted by Crippen LogP contribution is -2.51. The molecule has 30 heavy (non-hydrogen) atoms. The third kappa shape index (κ3) is 3.73. The maximum absolute atomic E-state index is 13.1. The maximum Gasteiger partial charge on any atom is 0.226 e. The normalized spacial score (nSPS) is 30.6. The lowest BCUT2D eigenvalue weighted by atomic mass is 9.79. The second-order valence-electron chi connectivity index (χ2n) is 9.02. The van der Waals surface area contributed by atoms with Crippen LogP contribution in [0.15, 0.2) is 24.9 Å². The van der Waals surface area contributed by atoms with Crippen molar-refractivity contribution in [3.8, 4) is 0 Å². The summed E-state index contributed by atoms with van der Waals surface area (Å²) < 4.78 is 3.77. The van der Waals surface area contributed by atoms with E-state index in [9.17, 15) is 9.59 Å². The summed E-state index contributed by atoms with van der Waals surface area (Å²) in [5.41, 5.74) is 1.02. The molecule has 0 spiro atoms. The monoisotopic (exact) mass is 411 g/mol. The Morgan fingerprint density at radius 3 is 2.70 bits per heavy atom. The lowest BCUT2D eigenvalue weighted by molar-refractivity contribution is -0.137. The standard InChI is InChI=1S/C21H29N7O2/c1-26-7-5-19(25-26)17-10-18(17)21(30)28-6-3-2-4-15(28)11-22-20(29)14-8-16(9-14)27-12-23-24-13-27/h5,7,12-18H,2-4,6,8-11H2,1H3,(H,22,29)/t14?,15-,16?,17-,18-/m1/s1. The Morgan fingerprint density at radius 1 is 1.17 bits per heavy atom. The molecule has 2 aromatic heterocycles. The molecule has 0 bridgehead atoms. The summed E-state index contributed by atoms with van der Waals surface area (Å²) in [6.45, 7) is 1.35. The number of hydrogen-bond acceptors (Lipinski definition) is 5. The van der Waals surface area contributed by atoms with E-state index in [1.165, 1.54) is 0 Å². The van der Waals surface area contributed by atoms with Crippen LogP contribution in [0.4, 0.5) is 0 Å². The highest BCUT2D eigenvalue weighted by Crippen LogP contribution is 2.48. The van der Waals surface area contributed by atoms with Crippen LogP contribution in [-0.2, 0) is 16.6 Å². The van der Waals surface area contributed by atoms with Gasteiger partial charge >= 0.3 is 0 Å². The molecule has 2 aromatic rings. The van der Waals surface area contributed by atoms with E-state index in [-0.39, 0.29) is 35.6 Å². The van der Waals surface area contributed by atoms with Crippen LogP contribution in [0.2, 0.25) is 0 Å². The summed E-state index contributed by atoms with van der Waals surface area (Å²) in [6.07, 6.45) is 11.0. The van der Waals surface area contributed by atoms with E-state index in [1.54, 1.807) is 17.3 Å². The third-order valence-corrected chi connectivity index (χ3v) is 6.99. The summed E-state index contributed by atoms with van der Waals surface area (Å²) in [7, 11) is 1.91. The van der Waals surface area contributed by atoms with Gasteiger partial charge in [-0.3, -0.25) is 14.3 Å². The van der Waals surface area contributed by atoms with Crippen molar-refractivity contribution in [3.05, 3.63) is 30.6 Å². The fourth-order valence-electron chi connectivity index (χ4n) is 4.95. The van der Waals surface area contributed by atoms with Gasteiger partial charge in [-0.15, -0.1) is 10.2 Å². The topological polar surface area (TPSA) is 97.9 Å². The van der Waals surface area contributed by atoms with Crippen molar-refractivity contribution >= 4 is 11.8 Å². The first-order chi connectivity index (χ1) is 14.6. The predicted molar refractivity (Wildman–Crippen MR) is 108 cm³/mol. The van der Waals surface area contributed by atoms with E-state index in [2.05, 4.69) is 20.6 Å². The molecular formula is C21H29N7O2. The van der Waals surface area contributed by atoms with E-state index >= 15 is 0 Å². The van der Waals surface area contributed by atoms with Gasteiger partial charge in [0.15, 0.2) is 0 Å². The summed E-state index contributed by atoms with van der Waals surface area (Å²) in [5, 5.41) is 15.3. The van der Waals surface area contributed by atoms with E-state index in [0.29, 0.717) is 12.6 Å². The minimum Gasteiger partial charge on any atom is -0.354 e. The number of carbonyl (C=O) groups excluding carboxylic acids is 2. The van der Waals surface area contributed by atoms with Crippen molar-refractivity contribution in [2.45, 2.75) is 56.5 Å². The Hall–Kier alpha value is -2.71. The summed E-state index contributed by atoms with van der Waals surface area (Å²) in [5.74, 6) is 0.686. The van der Waals surface area contributed by atoms with Crippen LogP contribution in [0.5, 0.6) is 0 Å². The third-order valence-electron chi connectivity index (χ3n) is 6.99. The molecule has 160 valence electrons. The Kier molecular flexibility index (Phi) is 5.04. The van der Waals surface area contributed by atoms with Crippen LogP contribution in [0, 0.1) is 11.8 Å². The van der Waals surface area contributed by atoms with Crippen LogP contribution >= 0.6 is 0 Å². The molecule has 3 fully saturated rings. The van der Waals surface area contributed by atoms with Gasteiger partial charge in [-0.25, -0.2) is 0 Å². The molecule has 3 atom stereocenters. The van der Waals surface area contributed by atoms with Gasteiger partial charge in [0.1, 0.15) is 12.7 Å². The van der Waals surface area contributed by atoms with Gasteiger partial charge in [-0.1, -0.05) is 0 Å². The van der Waals surface area contributed by atoms with Crippen LogP contribution < -0.4 is 5.32 Å². The highest BCUT2D eigenvalue weighted by atomic mass is 16.2. The van der Waals surface area contributed by atoms with Gasteiger partial charge in [-0.2, -0.15) is 5.10 Å². The number of likely N-dealkylation sites (tertiary alicyclic amines) is 1. The largest absolute Gasteiger partial charge is 0.354 e.